The fraction of sp³-hybridized carbons (Fsp3) is 0.667. The zero-order valence-electron chi connectivity index (χ0n) is 10.5. The Labute approximate surface area is 110 Å². The van der Waals surface area contributed by atoms with Crippen molar-refractivity contribution in [3.8, 4) is 0 Å². The fourth-order valence-electron chi connectivity index (χ4n) is 2.71. The lowest BCUT2D eigenvalue weighted by Gasteiger charge is -2.39. The van der Waals surface area contributed by atoms with E-state index in [0.29, 0.717) is 25.0 Å². The maximum absolute atomic E-state index is 10.7. The lowest BCUT2D eigenvalue weighted by molar-refractivity contribution is -0.402. The van der Waals surface area contributed by atoms with E-state index in [-0.39, 0.29) is 18.0 Å². The van der Waals surface area contributed by atoms with Crippen LogP contribution in [0, 0.1) is 10.1 Å². The van der Waals surface area contributed by atoms with Crippen LogP contribution < -0.4 is 5.73 Å². The summed E-state index contributed by atoms with van der Waals surface area (Å²) in [5.41, 5.74) is 5.75. The fourth-order valence-corrected chi connectivity index (χ4v) is 2.71. The molecule has 0 radical (unpaired) electrons. The molecule has 3 rings (SSSR count). The highest BCUT2D eigenvalue weighted by atomic mass is 16.6. The molecular weight excluding hydrogens is 250 g/mol. The molecule has 1 aliphatic carbocycles. The molecule has 19 heavy (non-hydrogen) atoms. The molecule has 2 aliphatic rings. The third-order valence-electron chi connectivity index (χ3n) is 3.72. The summed E-state index contributed by atoms with van der Waals surface area (Å²) in [5.74, 6) is 0.348. The van der Waals surface area contributed by atoms with Crippen LogP contribution in [0.25, 0.3) is 0 Å². The molecular formula is C12H17N3O4. The first-order chi connectivity index (χ1) is 9.20. The highest BCUT2D eigenvalue weighted by Gasteiger charge is 2.42. The van der Waals surface area contributed by atoms with Gasteiger partial charge >= 0.3 is 5.88 Å². The van der Waals surface area contributed by atoms with Gasteiger partial charge in [-0.05, 0) is 18.9 Å². The molecule has 0 aromatic carbocycles. The minimum Gasteiger partial charge on any atom is -0.404 e. The van der Waals surface area contributed by atoms with E-state index in [0.717, 1.165) is 19.4 Å². The minimum atomic E-state index is -0.522. The Morgan fingerprint density at radius 2 is 2.26 bits per heavy atom. The molecule has 1 aromatic heterocycles. The molecule has 0 bridgehead atoms. The maximum Gasteiger partial charge on any atom is 0.433 e. The molecule has 7 nitrogen and oxygen atoms in total. The van der Waals surface area contributed by atoms with Gasteiger partial charge in [0.1, 0.15) is 10.7 Å². The number of hydrogen-bond donors (Lipinski definition) is 1. The van der Waals surface area contributed by atoms with E-state index in [1.54, 1.807) is 6.07 Å². The van der Waals surface area contributed by atoms with Crippen molar-refractivity contribution in [3.63, 3.8) is 0 Å². The summed E-state index contributed by atoms with van der Waals surface area (Å²) >= 11 is 0. The molecule has 2 N–H and O–H groups in total. The quantitative estimate of drug-likeness (QED) is 0.647. The Hall–Kier alpha value is -1.44. The van der Waals surface area contributed by atoms with Gasteiger partial charge in [-0.1, -0.05) is 0 Å². The van der Waals surface area contributed by atoms with Crippen molar-refractivity contribution < 1.29 is 14.1 Å². The second kappa shape index (κ2) is 4.92. The average molecular weight is 267 g/mol. The number of hydrogen-bond acceptors (Lipinski definition) is 6. The van der Waals surface area contributed by atoms with Crippen molar-refractivity contribution in [1.29, 1.82) is 0 Å². The van der Waals surface area contributed by atoms with Gasteiger partial charge in [0.15, 0.2) is 0 Å². The lowest BCUT2D eigenvalue weighted by atomic mass is 10.0. The summed E-state index contributed by atoms with van der Waals surface area (Å²) in [6.07, 6.45) is 2.16. The highest BCUT2D eigenvalue weighted by Crippen LogP contribution is 2.39. The predicted octanol–water partition coefficient (Wildman–Crippen LogP) is 1.05. The van der Waals surface area contributed by atoms with Gasteiger partial charge in [0.2, 0.25) is 0 Å². The number of morpholine rings is 1. The van der Waals surface area contributed by atoms with Gasteiger partial charge in [0.05, 0.1) is 24.8 Å². The van der Waals surface area contributed by atoms with Gasteiger partial charge in [-0.15, -0.1) is 0 Å². The molecule has 1 aliphatic heterocycles. The Bertz CT molecular complexity index is 471. The molecule has 7 heteroatoms. The van der Waals surface area contributed by atoms with E-state index < -0.39 is 4.92 Å². The van der Waals surface area contributed by atoms with Crippen LogP contribution in [0.3, 0.4) is 0 Å². The summed E-state index contributed by atoms with van der Waals surface area (Å²) in [6, 6.07) is 3.48. The van der Waals surface area contributed by atoms with E-state index in [1.165, 1.54) is 6.07 Å². The summed E-state index contributed by atoms with van der Waals surface area (Å²) in [7, 11) is 0. The molecule has 2 atom stereocenters. The van der Waals surface area contributed by atoms with Crippen molar-refractivity contribution in [2.24, 2.45) is 5.73 Å². The van der Waals surface area contributed by atoms with Crippen LogP contribution >= 0.6 is 0 Å². The van der Waals surface area contributed by atoms with Crippen molar-refractivity contribution in [2.45, 2.75) is 31.0 Å². The number of nitrogens with two attached hydrogens (primary N) is 1. The first-order valence-electron chi connectivity index (χ1n) is 6.52. The van der Waals surface area contributed by atoms with Crippen LogP contribution in [-0.2, 0) is 4.74 Å². The third-order valence-corrected chi connectivity index (χ3v) is 3.72. The SMILES string of the molecule is NCC1OCCN(C2CC2)C1c1ccc([N+](=O)[O-])o1. The van der Waals surface area contributed by atoms with Gasteiger partial charge in [-0.25, -0.2) is 0 Å². The summed E-state index contributed by atoms with van der Waals surface area (Å²) in [6.45, 7) is 1.85. The predicted molar refractivity (Wildman–Crippen MR) is 66.6 cm³/mol. The molecule has 0 spiro atoms. The van der Waals surface area contributed by atoms with Crippen LogP contribution in [0.15, 0.2) is 16.5 Å². The van der Waals surface area contributed by atoms with E-state index in [9.17, 15) is 10.1 Å². The lowest BCUT2D eigenvalue weighted by Crippen LogP contribution is -2.49. The maximum atomic E-state index is 10.7. The van der Waals surface area contributed by atoms with E-state index in [2.05, 4.69) is 4.90 Å². The topological polar surface area (TPSA) is 94.8 Å². The van der Waals surface area contributed by atoms with Gasteiger partial charge in [0, 0.05) is 19.1 Å². The van der Waals surface area contributed by atoms with E-state index in [4.69, 9.17) is 14.9 Å². The Morgan fingerprint density at radius 1 is 1.47 bits per heavy atom. The zero-order valence-corrected chi connectivity index (χ0v) is 10.5. The van der Waals surface area contributed by atoms with Gasteiger partial charge in [-0.3, -0.25) is 15.0 Å². The first-order valence-corrected chi connectivity index (χ1v) is 6.52. The molecule has 1 aromatic rings. The Balaban J connectivity index is 1.88. The molecule has 2 heterocycles. The van der Waals surface area contributed by atoms with Crippen LogP contribution in [0.1, 0.15) is 24.6 Å². The molecule has 104 valence electrons. The summed E-state index contributed by atoms with van der Waals surface area (Å²) in [5, 5.41) is 10.7. The third kappa shape index (κ3) is 2.36. The van der Waals surface area contributed by atoms with Crippen LogP contribution in [-0.4, -0.2) is 41.7 Å². The van der Waals surface area contributed by atoms with Gasteiger partial charge < -0.3 is 14.9 Å². The van der Waals surface area contributed by atoms with Crippen molar-refractivity contribution in [2.75, 3.05) is 19.7 Å². The van der Waals surface area contributed by atoms with E-state index in [1.807, 2.05) is 0 Å². The standard InChI is InChI=1S/C12H17N3O4/c13-7-10-12(9-3-4-11(19-9)15(16)17)14(5-6-18-10)8-1-2-8/h3-4,8,10,12H,1-2,5-7,13H2. The number of rotatable bonds is 4. The zero-order chi connectivity index (χ0) is 13.4. The Morgan fingerprint density at radius 3 is 2.84 bits per heavy atom. The smallest absolute Gasteiger partial charge is 0.404 e. The monoisotopic (exact) mass is 267 g/mol. The van der Waals surface area contributed by atoms with Crippen LogP contribution in [0.2, 0.25) is 0 Å². The molecule has 2 unspecified atom stereocenters. The number of nitrogens with zero attached hydrogens (tertiary/aromatic N) is 2. The van der Waals surface area contributed by atoms with Crippen LogP contribution in [0.4, 0.5) is 5.88 Å². The molecule has 0 amide bonds. The number of furan rings is 1. The summed E-state index contributed by atoms with van der Waals surface area (Å²) in [4.78, 5) is 12.5. The average Bonchev–Trinajstić information content (AvgIpc) is 3.14. The van der Waals surface area contributed by atoms with Gasteiger partial charge in [-0.2, -0.15) is 0 Å². The second-order valence-electron chi connectivity index (χ2n) is 4.99. The van der Waals surface area contributed by atoms with Crippen molar-refractivity contribution in [1.82, 2.24) is 4.90 Å². The second-order valence-corrected chi connectivity index (χ2v) is 4.99. The minimum absolute atomic E-state index is 0.111. The van der Waals surface area contributed by atoms with Crippen LogP contribution in [0.5, 0.6) is 0 Å². The number of ether oxygens (including phenoxy) is 1. The summed E-state index contributed by atoms with van der Waals surface area (Å²) < 4.78 is 11.0. The van der Waals surface area contributed by atoms with Gasteiger partial charge in [0.25, 0.3) is 0 Å². The first kappa shape index (κ1) is 12.6. The highest BCUT2D eigenvalue weighted by molar-refractivity contribution is 5.21. The van der Waals surface area contributed by atoms with Crippen molar-refractivity contribution in [3.05, 3.63) is 28.0 Å². The normalized spacial score (nSPS) is 28.5. The Kier molecular flexibility index (Phi) is 3.26. The van der Waals surface area contributed by atoms with Crippen molar-refractivity contribution >= 4 is 5.88 Å². The molecule has 1 saturated heterocycles. The van der Waals surface area contributed by atoms with E-state index >= 15 is 0 Å². The molecule has 1 saturated carbocycles. The largest absolute Gasteiger partial charge is 0.433 e. The number of nitro groups is 1. The molecule has 2 fully saturated rings.